The number of nitrogens with zero attached hydrogens (tertiary/aromatic N) is 3. The van der Waals surface area contributed by atoms with Gasteiger partial charge in [0.05, 0.1) is 5.56 Å². The third kappa shape index (κ3) is 5.00. The van der Waals surface area contributed by atoms with Crippen LogP contribution in [0.5, 0.6) is 0 Å². The lowest BCUT2D eigenvalue weighted by Crippen LogP contribution is -2.00. The normalized spacial score (nSPS) is 12.0. The van der Waals surface area contributed by atoms with Gasteiger partial charge in [0.1, 0.15) is 11.2 Å². The van der Waals surface area contributed by atoms with Crippen molar-refractivity contribution in [1.29, 1.82) is 0 Å². The van der Waals surface area contributed by atoms with Gasteiger partial charge in [-0.15, -0.1) is 11.3 Å². The van der Waals surface area contributed by atoms with Gasteiger partial charge in [0.2, 0.25) is 0 Å². The highest BCUT2D eigenvalue weighted by molar-refractivity contribution is 7.26. The van der Waals surface area contributed by atoms with Gasteiger partial charge in [0.25, 0.3) is 0 Å². The quantitative estimate of drug-likeness (QED) is 0.167. The number of thiophene rings is 1. The highest BCUT2D eigenvalue weighted by Crippen LogP contribution is 2.43. The van der Waals surface area contributed by atoms with Crippen LogP contribution in [0.1, 0.15) is 0 Å². The summed E-state index contributed by atoms with van der Waals surface area (Å²) in [6.07, 6.45) is 0. The standard InChI is InChI=1S/C55H31N3OS/c1-2-12-32(13-3-1)36-20-11-23-48-50(36)45-21-10-22-46(51(45)59-48)55-57-53(34-25-27-42-40-18-7-6-16-38(40)39-17-8-9-19-41(39)47(42)30-34)56-54(58-55)35-26-28-43-44-29-24-33-14-4-5-15-37(33)52(44)60-49(43)31-35/h1-31H. The summed E-state index contributed by atoms with van der Waals surface area (Å²) in [5.41, 5.74) is 6.52. The van der Waals surface area contributed by atoms with Crippen molar-refractivity contribution < 1.29 is 4.42 Å². The molecule has 3 aromatic heterocycles. The molecule has 0 spiro atoms. The Kier molecular flexibility index (Phi) is 7.14. The molecule has 13 rings (SSSR count). The Morgan fingerprint density at radius 2 is 0.917 bits per heavy atom. The Hall–Kier alpha value is -7.73. The zero-order chi connectivity index (χ0) is 39.3. The van der Waals surface area contributed by atoms with Crippen molar-refractivity contribution in [3.05, 3.63) is 188 Å². The van der Waals surface area contributed by atoms with Crippen LogP contribution in [0.4, 0.5) is 0 Å². The van der Waals surface area contributed by atoms with E-state index in [1.807, 2.05) is 23.5 Å². The second kappa shape index (κ2) is 12.9. The van der Waals surface area contributed by atoms with E-state index in [1.165, 1.54) is 57.9 Å². The molecule has 0 radical (unpaired) electrons. The minimum atomic E-state index is 0.562. The van der Waals surface area contributed by atoms with Gasteiger partial charge in [-0.25, -0.2) is 15.0 Å². The summed E-state index contributed by atoms with van der Waals surface area (Å²) in [6.45, 7) is 0. The molecular weight excluding hydrogens is 751 g/mol. The third-order valence-corrected chi connectivity index (χ3v) is 13.3. The molecule has 13 aromatic rings. The van der Waals surface area contributed by atoms with Gasteiger partial charge in [-0.1, -0.05) is 164 Å². The summed E-state index contributed by atoms with van der Waals surface area (Å²) in [7, 11) is 0. The van der Waals surface area contributed by atoms with E-state index in [0.29, 0.717) is 17.5 Å². The number of benzene rings is 10. The minimum absolute atomic E-state index is 0.562. The van der Waals surface area contributed by atoms with Crippen LogP contribution in [-0.4, -0.2) is 15.0 Å². The number of para-hydroxylation sites is 1. The molecule has 10 aromatic carbocycles. The highest BCUT2D eigenvalue weighted by atomic mass is 32.1. The first kappa shape index (κ1) is 33.3. The number of fused-ring (bicyclic) bond motifs is 14. The molecular formula is C55H31N3OS. The predicted molar refractivity (Wildman–Crippen MR) is 252 cm³/mol. The first-order chi connectivity index (χ1) is 29.7. The molecule has 3 heterocycles. The summed E-state index contributed by atoms with van der Waals surface area (Å²) in [5.74, 6) is 1.78. The fraction of sp³-hybridized carbons (Fsp3) is 0. The fourth-order valence-electron chi connectivity index (χ4n) is 9.33. The Bertz CT molecular complexity index is 3870. The maximum absolute atomic E-state index is 6.77. The first-order valence-electron chi connectivity index (χ1n) is 20.2. The average molecular weight is 782 g/mol. The second-order valence-electron chi connectivity index (χ2n) is 15.5. The number of aromatic nitrogens is 3. The lowest BCUT2D eigenvalue weighted by atomic mass is 9.93. The van der Waals surface area contributed by atoms with Crippen LogP contribution in [0.3, 0.4) is 0 Å². The van der Waals surface area contributed by atoms with Crippen LogP contribution in [0, 0.1) is 0 Å². The number of rotatable bonds is 4. The molecule has 0 aliphatic carbocycles. The van der Waals surface area contributed by atoms with Crippen LogP contribution in [0.15, 0.2) is 192 Å². The lowest BCUT2D eigenvalue weighted by molar-refractivity contribution is 0.669. The van der Waals surface area contributed by atoms with Gasteiger partial charge in [-0.05, 0) is 78.5 Å². The van der Waals surface area contributed by atoms with Crippen LogP contribution in [-0.2, 0) is 0 Å². The van der Waals surface area contributed by atoms with E-state index in [-0.39, 0.29) is 0 Å². The highest BCUT2D eigenvalue weighted by Gasteiger charge is 2.21. The van der Waals surface area contributed by atoms with Crippen LogP contribution in [0.2, 0.25) is 0 Å². The molecule has 60 heavy (non-hydrogen) atoms. The van der Waals surface area contributed by atoms with Crippen molar-refractivity contribution in [3.8, 4) is 45.3 Å². The van der Waals surface area contributed by atoms with Crippen molar-refractivity contribution in [3.63, 3.8) is 0 Å². The molecule has 278 valence electrons. The molecule has 0 aliphatic heterocycles. The minimum Gasteiger partial charge on any atom is -0.455 e. The average Bonchev–Trinajstić information content (AvgIpc) is 3.90. The molecule has 0 saturated carbocycles. The van der Waals surface area contributed by atoms with Crippen molar-refractivity contribution in [2.45, 2.75) is 0 Å². The number of hydrogen-bond acceptors (Lipinski definition) is 5. The molecule has 0 aliphatic rings. The monoisotopic (exact) mass is 781 g/mol. The maximum Gasteiger partial charge on any atom is 0.167 e. The zero-order valence-corrected chi connectivity index (χ0v) is 32.9. The van der Waals surface area contributed by atoms with E-state index >= 15 is 0 Å². The molecule has 0 N–H and O–H groups in total. The van der Waals surface area contributed by atoms with Gasteiger partial charge < -0.3 is 4.42 Å². The molecule has 0 bridgehead atoms. The van der Waals surface area contributed by atoms with E-state index in [0.717, 1.165) is 55.1 Å². The summed E-state index contributed by atoms with van der Waals surface area (Å²) in [4.78, 5) is 15.9. The molecule has 0 saturated heterocycles. The van der Waals surface area contributed by atoms with E-state index in [4.69, 9.17) is 19.4 Å². The molecule has 0 amide bonds. The first-order valence-corrected chi connectivity index (χ1v) is 21.0. The van der Waals surface area contributed by atoms with E-state index < -0.39 is 0 Å². The number of hydrogen-bond donors (Lipinski definition) is 0. The molecule has 5 heteroatoms. The summed E-state index contributed by atoms with van der Waals surface area (Å²) in [6, 6.07) is 66.7. The lowest BCUT2D eigenvalue weighted by Gasteiger charge is -2.12. The topological polar surface area (TPSA) is 51.8 Å². The molecule has 4 nitrogen and oxygen atoms in total. The smallest absolute Gasteiger partial charge is 0.167 e. The zero-order valence-electron chi connectivity index (χ0n) is 32.1. The van der Waals surface area contributed by atoms with E-state index in [2.05, 4.69) is 176 Å². The van der Waals surface area contributed by atoms with Gasteiger partial charge in [0, 0.05) is 42.1 Å². The van der Waals surface area contributed by atoms with E-state index in [1.54, 1.807) is 0 Å². The number of furan rings is 1. The summed E-state index contributed by atoms with van der Waals surface area (Å²) >= 11 is 1.82. The Morgan fingerprint density at radius 1 is 0.350 bits per heavy atom. The van der Waals surface area contributed by atoms with Gasteiger partial charge in [-0.3, -0.25) is 0 Å². The molecule has 0 atom stereocenters. The predicted octanol–water partition coefficient (Wildman–Crippen LogP) is 15.4. The largest absolute Gasteiger partial charge is 0.455 e. The maximum atomic E-state index is 6.77. The molecule has 0 unspecified atom stereocenters. The van der Waals surface area contributed by atoms with Crippen molar-refractivity contribution in [2.75, 3.05) is 0 Å². The SMILES string of the molecule is c1ccc(-c2cccc3oc4c(-c5nc(-c6ccc7c(c6)sc6c8ccccc8ccc76)nc(-c6ccc7c8ccccc8c8ccccc8c7c6)n5)cccc4c23)cc1. The Labute approximate surface area is 347 Å². The van der Waals surface area contributed by atoms with Crippen LogP contribution >= 0.6 is 11.3 Å². The van der Waals surface area contributed by atoms with Crippen LogP contribution in [0.25, 0.3) is 130 Å². The third-order valence-electron chi connectivity index (χ3n) is 12.1. The summed E-state index contributed by atoms with van der Waals surface area (Å²) < 4.78 is 9.25. The molecule has 0 fully saturated rings. The van der Waals surface area contributed by atoms with E-state index in [9.17, 15) is 0 Å². The fourth-order valence-corrected chi connectivity index (χ4v) is 10.6. The van der Waals surface area contributed by atoms with Crippen LogP contribution < -0.4 is 0 Å². The van der Waals surface area contributed by atoms with Crippen molar-refractivity contribution >= 4 is 96.5 Å². The van der Waals surface area contributed by atoms with Crippen molar-refractivity contribution in [2.24, 2.45) is 0 Å². The summed E-state index contributed by atoms with van der Waals surface area (Å²) in [5, 5.41) is 14.4. The van der Waals surface area contributed by atoms with Crippen molar-refractivity contribution in [1.82, 2.24) is 15.0 Å². The Balaban J connectivity index is 1.06. The van der Waals surface area contributed by atoms with Gasteiger partial charge in [0.15, 0.2) is 17.5 Å². The second-order valence-corrected chi connectivity index (χ2v) is 16.5. The Morgan fingerprint density at radius 3 is 1.68 bits per heavy atom. The van der Waals surface area contributed by atoms with Gasteiger partial charge >= 0.3 is 0 Å². The van der Waals surface area contributed by atoms with Gasteiger partial charge in [-0.2, -0.15) is 0 Å².